The summed E-state index contributed by atoms with van der Waals surface area (Å²) >= 11 is 0. The average Bonchev–Trinajstić information content (AvgIpc) is 2.89. The Hall–Kier alpha value is -2.00. The monoisotopic (exact) mass is 302 g/mol. The van der Waals surface area contributed by atoms with E-state index >= 15 is 0 Å². The second-order valence-electron chi connectivity index (χ2n) is 4.15. The molecule has 0 saturated heterocycles. The van der Waals surface area contributed by atoms with Crippen LogP contribution in [0.2, 0.25) is 0 Å². The number of benzene rings is 1. The Balaban J connectivity index is 2.34. The number of halogens is 2. The molecular formula is C11H12F2N4O2S. The lowest BCUT2D eigenvalue weighted by Gasteiger charge is -2.13. The minimum atomic E-state index is -4.17. The molecule has 0 aliphatic heterocycles. The van der Waals surface area contributed by atoms with E-state index < -0.39 is 38.3 Å². The molecule has 20 heavy (non-hydrogen) atoms. The molecule has 6 nitrogen and oxygen atoms in total. The molecule has 0 aliphatic rings. The maximum atomic E-state index is 13.7. The normalized spacial score (nSPS) is 13.3. The van der Waals surface area contributed by atoms with Crippen LogP contribution in [0.25, 0.3) is 0 Å². The number of aromatic amines is 1. The molecule has 0 radical (unpaired) electrons. The van der Waals surface area contributed by atoms with Crippen molar-refractivity contribution in [2.45, 2.75) is 17.9 Å². The number of nitrogen functional groups attached to an aromatic ring is 1. The summed E-state index contributed by atoms with van der Waals surface area (Å²) in [5.41, 5.74) is 4.89. The van der Waals surface area contributed by atoms with Crippen molar-refractivity contribution in [3.05, 3.63) is 41.7 Å². The Morgan fingerprint density at radius 3 is 2.70 bits per heavy atom. The van der Waals surface area contributed by atoms with Crippen LogP contribution in [0.1, 0.15) is 18.5 Å². The number of nitrogens with two attached hydrogens (primary N) is 1. The maximum Gasteiger partial charge on any atom is 0.244 e. The van der Waals surface area contributed by atoms with E-state index in [0.717, 1.165) is 12.1 Å². The number of anilines is 1. The Labute approximate surface area is 114 Å². The molecule has 2 rings (SSSR count). The van der Waals surface area contributed by atoms with Gasteiger partial charge >= 0.3 is 0 Å². The molecule has 0 spiro atoms. The third-order valence-corrected chi connectivity index (χ3v) is 4.29. The highest BCUT2D eigenvalue weighted by Gasteiger charge is 2.24. The summed E-state index contributed by atoms with van der Waals surface area (Å²) in [6.07, 6.45) is 2.94. The van der Waals surface area contributed by atoms with Crippen LogP contribution in [-0.4, -0.2) is 18.6 Å². The van der Waals surface area contributed by atoms with Crippen LogP contribution in [0.3, 0.4) is 0 Å². The average molecular weight is 302 g/mol. The van der Waals surface area contributed by atoms with Crippen LogP contribution in [-0.2, 0) is 10.0 Å². The van der Waals surface area contributed by atoms with Crippen molar-refractivity contribution in [3.8, 4) is 0 Å². The van der Waals surface area contributed by atoms with Gasteiger partial charge in [0.25, 0.3) is 0 Å². The lowest BCUT2D eigenvalue weighted by Crippen LogP contribution is -2.27. The molecule has 1 atom stereocenters. The molecule has 0 fully saturated rings. The Kier molecular flexibility index (Phi) is 3.73. The van der Waals surface area contributed by atoms with Gasteiger partial charge in [-0.3, -0.25) is 5.10 Å². The number of rotatable bonds is 4. The highest BCUT2D eigenvalue weighted by Crippen LogP contribution is 2.24. The van der Waals surface area contributed by atoms with Crippen molar-refractivity contribution in [2.75, 3.05) is 5.73 Å². The van der Waals surface area contributed by atoms with Crippen molar-refractivity contribution >= 4 is 15.7 Å². The van der Waals surface area contributed by atoms with Gasteiger partial charge in [-0.1, -0.05) is 0 Å². The van der Waals surface area contributed by atoms with E-state index in [1.165, 1.54) is 12.4 Å². The summed E-state index contributed by atoms with van der Waals surface area (Å²) in [5.74, 6) is -2.32. The molecular weight excluding hydrogens is 290 g/mol. The van der Waals surface area contributed by atoms with Crippen molar-refractivity contribution < 1.29 is 17.2 Å². The number of hydrogen-bond acceptors (Lipinski definition) is 4. The molecule has 1 unspecified atom stereocenters. The van der Waals surface area contributed by atoms with E-state index in [9.17, 15) is 17.2 Å². The number of sulfonamides is 1. The van der Waals surface area contributed by atoms with E-state index in [-0.39, 0.29) is 0 Å². The van der Waals surface area contributed by atoms with Gasteiger partial charge in [0.05, 0.1) is 6.20 Å². The lowest BCUT2D eigenvalue weighted by atomic mass is 10.2. The number of nitrogens with zero attached hydrogens (tertiary/aromatic N) is 1. The van der Waals surface area contributed by atoms with E-state index in [0.29, 0.717) is 5.56 Å². The molecule has 1 aromatic carbocycles. The van der Waals surface area contributed by atoms with Gasteiger partial charge < -0.3 is 5.73 Å². The molecule has 1 heterocycles. The van der Waals surface area contributed by atoms with E-state index in [1.54, 1.807) is 6.92 Å². The predicted molar refractivity (Wildman–Crippen MR) is 68.1 cm³/mol. The van der Waals surface area contributed by atoms with Gasteiger partial charge in [-0.25, -0.2) is 21.9 Å². The van der Waals surface area contributed by atoms with Crippen molar-refractivity contribution in [1.82, 2.24) is 14.9 Å². The molecule has 4 N–H and O–H groups in total. The van der Waals surface area contributed by atoms with Crippen molar-refractivity contribution in [1.29, 1.82) is 0 Å². The molecule has 108 valence electrons. The smallest absolute Gasteiger partial charge is 0.244 e. The first kappa shape index (κ1) is 14.4. The van der Waals surface area contributed by atoms with Crippen LogP contribution in [0.4, 0.5) is 14.5 Å². The van der Waals surface area contributed by atoms with Crippen LogP contribution < -0.4 is 10.5 Å². The first-order chi connectivity index (χ1) is 9.33. The number of aromatic nitrogens is 2. The Bertz CT molecular complexity index is 716. The van der Waals surface area contributed by atoms with Crippen molar-refractivity contribution in [3.63, 3.8) is 0 Å². The van der Waals surface area contributed by atoms with E-state index in [4.69, 9.17) is 5.73 Å². The highest BCUT2D eigenvalue weighted by atomic mass is 32.2. The molecule has 0 bridgehead atoms. The van der Waals surface area contributed by atoms with Gasteiger partial charge in [-0.05, 0) is 19.1 Å². The minimum absolute atomic E-state index is 0.573. The zero-order valence-electron chi connectivity index (χ0n) is 10.4. The SMILES string of the molecule is CC(NS(=O)(=O)c1ccc(F)c(N)c1F)c1cn[nH]c1. The van der Waals surface area contributed by atoms with Crippen molar-refractivity contribution in [2.24, 2.45) is 0 Å². The molecule has 0 aliphatic carbocycles. The first-order valence-electron chi connectivity index (χ1n) is 5.57. The summed E-state index contributed by atoms with van der Waals surface area (Å²) in [6.45, 7) is 1.56. The molecule has 9 heteroatoms. The van der Waals surface area contributed by atoms with Gasteiger partial charge in [0.2, 0.25) is 10.0 Å². The number of H-pyrrole nitrogens is 1. The van der Waals surface area contributed by atoms with Gasteiger partial charge in [-0.2, -0.15) is 5.10 Å². The zero-order valence-corrected chi connectivity index (χ0v) is 11.2. The summed E-state index contributed by atoms with van der Waals surface area (Å²) in [4.78, 5) is -0.702. The molecule has 0 saturated carbocycles. The highest BCUT2D eigenvalue weighted by molar-refractivity contribution is 7.89. The van der Waals surface area contributed by atoms with Crippen LogP contribution >= 0.6 is 0 Å². The Morgan fingerprint density at radius 1 is 1.40 bits per heavy atom. The molecule has 1 aromatic heterocycles. The summed E-state index contributed by atoms with van der Waals surface area (Å²) in [7, 11) is -4.17. The first-order valence-corrected chi connectivity index (χ1v) is 7.05. The summed E-state index contributed by atoms with van der Waals surface area (Å²) in [5, 5.41) is 6.22. The van der Waals surface area contributed by atoms with E-state index in [1.807, 2.05) is 0 Å². The fraction of sp³-hybridized carbons (Fsp3) is 0.182. The summed E-state index contributed by atoms with van der Waals surface area (Å²) < 4.78 is 53.2. The second-order valence-corrected chi connectivity index (χ2v) is 5.83. The molecule has 2 aromatic rings. The topological polar surface area (TPSA) is 101 Å². The lowest BCUT2D eigenvalue weighted by molar-refractivity contribution is 0.540. The fourth-order valence-corrected chi connectivity index (χ4v) is 2.94. The second kappa shape index (κ2) is 5.17. The minimum Gasteiger partial charge on any atom is -0.394 e. The molecule has 0 amide bonds. The van der Waals surface area contributed by atoms with Crippen LogP contribution in [0, 0.1) is 11.6 Å². The zero-order chi connectivity index (χ0) is 14.9. The Morgan fingerprint density at radius 2 is 2.10 bits per heavy atom. The number of nitrogens with one attached hydrogen (secondary N) is 2. The quantitative estimate of drug-likeness (QED) is 0.741. The van der Waals surface area contributed by atoms with E-state index in [2.05, 4.69) is 14.9 Å². The summed E-state index contributed by atoms with van der Waals surface area (Å²) in [6, 6.07) is 0.991. The van der Waals surface area contributed by atoms with Gasteiger partial charge in [-0.15, -0.1) is 0 Å². The van der Waals surface area contributed by atoms with Gasteiger partial charge in [0.1, 0.15) is 16.4 Å². The maximum absolute atomic E-state index is 13.7. The third-order valence-electron chi connectivity index (χ3n) is 2.73. The van der Waals surface area contributed by atoms with Gasteiger partial charge in [0, 0.05) is 17.8 Å². The van der Waals surface area contributed by atoms with Crippen LogP contribution in [0.15, 0.2) is 29.4 Å². The predicted octanol–water partition coefficient (Wildman–Crippen LogP) is 1.31. The van der Waals surface area contributed by atoms with Crippen LogP contribution in [0.5, 0.6) is 0 Å². The van der Waals surface area contributed by atoms with Gasteiger partial charge in [0.15, 0.2) is 5.82 Å². The third kappa shape index (κ3) is 2.63. The fourth-order valence-electron chi connectivity index (χ4n) is 1.62. The largest absolute Gasteiger partial charge is 0.394 e. The standard InChI is InChI=1S/C11H12F2N4O2S/c1-6(7-4-15-16-5-7)17-20(18,19)9-3-2-8(12)11(14)10(9)13/h2-6,17H,14H2,1H3,(H,15,16). The number of hydrogen-bond donors (Lipinski definition) is 3.